The molecule has 9 heteroatoms. The number of carbonyl (C=O) groups is 2. The molecule has 0 atom stereocenters. The third-order valence-corrected chi connectivity index (χ3v) is 5.43. The summed E-state index contributed by atoms with van der Waals surface area (Å²) in [5, 5.41) is 14.7. The fraction of sp³-hybridized carbons (Fsp3) is 0.143. The van der Waals surface area contributed by atoms with Crippen LogP contribution in [0.1, 0.15) is 6.92 Å². The molecule has 154 valence electrons. The highest BCUT2D eigenvalue weighted by molar-refractivity contribution is 9.10. The van der Waals surface area contributed by atoms with Crippen LogP contribution in [0, 0.1) is 0 Å². The van der Waals surface area contributed by atoms with E-state index in [0.717, 1.165) is 10.0 Å². The molecule has 2 N–H and O–H groups in total. The van der Waals surface area contributed by atoms with Crippen LogP contribution in [0.4, 0.5) is 11.4 Å². The second-order valence-electron chi connectivity index (χ2n) is 6.31. The average Bonchev–Trinajstić information content (AvgIpc) is 3.10. The number of benzene rings is 2. The number of thioether (sulfide) groups is 1. The predicted octanol–water partition coefficient (Wildman–Crippen LogP) is 4.58. The Morgan fingerprint density at radius 1 is 1.13 bits per heavy atom. The van der Waals surface area contributed by atoms with Gasteiger partial charge in [0, 0.05) is 34.9 Å². The Hall–Kier alpha value is -2.91. The van der Waals surface area contributed by atoms with Gasteiger partial charge in [0.2, 0.25) is 11.8 Å². The summed E-state index contributed by atoms with van der Waals surface area (Å²) in [6.45, 7) is 5.77. The first-order valence-electron chi connectivity index (χ1n) is 9.06. The van der Waals surface area contributed by atoms with Gasteiger partial charge in [0.1, 0.15) is 0 Å². The first kappa shape index (κ1) is 21.8. The Morgan fingerprint density at radius 3 is 2.50 bits per heavy atom. The number of anilines is 2. The molecule has 0 saturated heterocycles. The van der Waals surface area contributed by atoms with E-state index in [2.05, 4.69) is 43.3 Å². The van der Waals surface area contributed by atoms with Gasteiger partial charge in [0.05, 0.1) is 5.75 Å². The van der Waals surface area contributed by atoms with Gasteiger partial charge < -0.3 is 10.6 Å². The van der Waals surface area contributed by atoms with Gasteiger partial charge in [0.25, 0.3) is 0 Å². The van der Waals surface area contributed by atoms with E-state index >= 15 is 0 Å². The second-order valence-corrected chi connectivity index (χ2v) is 8.17. The molecule has 0 unspecified atom stereocenters. The lowest BCUT2D eigenvalue weighted by Crippen LogP contribution is -2.15. The molecule has 0 radical (unpaired) electrons. The number of hydrogen-bond acceptors (Lipinski definition) is 5. The van der Waals surface area contributed by atoms with Crippen LogP contribution in [0.25, 0.3) is 11.4 Å². The molecule has 0 aliphatic rings. The zero-order chi connectivity index (χ0) is 21.5. The Labute approximate surface area is 187 Å². The summed E-state index contributed by atoms with van der Waals surface area (Å²) in [6.07, 6.45) is 1.77. The Balaban J connectivity index is 1.68. The van der Waals surface area contributed by atoms with Gasteiger partial charge in [-0.1, -0.05) is 52.0 Å². The Kier molecular flexibility index (Phi) is 7.42. The summed E-state index contributed by atoms with van der Waals surface area (Å²) >= 11 is 4.73. The number of allylic oxidation sites excluding steroid dienone is 1. The van der Waals surface area contributed by atoms with E-state index in [4.69, 9.17) is 0 Å². The maximum atomic E-state index is 12.4. The molecular weight excluding hydrogens is 466 g/mol. The van der Waals surface area contributed by atoms with Crippen molar-refractivity contribution in [3.05, 3.63) is 65.7 Å². The molecule has 2 amide bonds. The SMILES string of the molecule is C=CCn1c(SCC(=O)Nc2cccc(NC(C)=O)c2)nnc1-c1ccc(Br)cc1. The van der Waals surface area contributed by atoms with Crippen LogP contribution in [0.3, 0.4) is 0 Å². The number of halogens is 1. The van der Waals surface area contributed by atoms with Crippen molar-refractivity contribution in [1.29, 1.82) is 0 Å². The lowest BCUT2D eigenvalue weighted by atomic mass is 10.2. The van der Waals surface area contributed by atoms with Crippen LogP contribution in [-0.4, -0.2) is 32.3 Å². The van der Waals surface area contributed by atoms with Gasteiger partial charge in [-0.25, -0.2) is 0 Å². The molecule has 0 spiro atoms. The van der Waals surface area contributed by atoms with Crippen molar-refractivity contribution >= 4 is 50.9 Å². The monoisotopic (exact) mass is 485 g/mol. The van der Waals surface area contributed by atoms with E-state index in [9.17, 15) is 9.59 Å². The zero-order valence-electron chi connectivity index (χ0n) is 16.3. The number of amides is 2. The number of nitrogens with zero attached hydrogens (tertiary/aromatic N) is 3. The zero-order valence-corrected chi connectivity index (χ0v) is 18.7. The lowest BCUT2D eigenvalue weighted by Gasteiger charge is -2.09. The van der Waals surface area contributed by atoms with Crippen LogP contribution in [0.15, 0.2) is 70.8 Å². The predicted molar refractivity (Wildman–Crippen MR) is 123 cm³/mol. The number of rotatable bonds is 8. The number of aromatic nitrogens is 3. The fourth-order valence-electron chi connectivity index (χ4n) is 2.71. The molecule has 7 nitrogen and oxygen atoms in total. The van der Waals surface area contributed by atoms with Gasteiger partial charge >= 0.3 is 0 Å². The van der Waals surface area contributed by atoms with Crippen molar-refractivity contribution in [1.82, 2.24) is 14.8 Å². The normalized spacial score (nSPS) is 10.5. The van der Waals surface area contributed by atoms with Gasteiger partial charge in [-0.3, -0.25) is 14.2 Å². The maximum absolute atomic E-state index is 12.4. The highest BCUT2D eigenvalue weighted by Crippen LogP contribution is 2.25. The minimum absolute atomic E-state index is 0.167. The summed E-state index contributed by atoms with van der Waals surface area (Å²) in [6, 6.07) is 14.8. The quantitative estimate of drug-likeness (QED) is 0.360. The molecule has 0 fully saturated rings. The number of nitrogens with one attached hydrogen (secondary N) is 2. The van der Waals surface area contributed by atoms with Gasteiger partial charge in [-0.15, -0.1) is 16.8 Å². The fourth-order valence-corrected chi connectivity index (χ4v) is 3.72. The summed E-state index contributed by atoms with van der Waals surface area (Å²) in [5.41, 5.74) is 2.16. The molecular formula is C21H20BrN5O2S. The summed E-state index contributed by atoms with van der Waals surface area (Å²) < 4.78 is 2.90. The Bertz CT molecular complexity index is 1070. The minimum Gasteiger partial charge on any atom is -0.326 e. The summed E-state index contributed by atoms with van der Waals surface area (Å²) in [5.74, 6) is 0.531. The van der Waals surface area contributed by atoms with Crippen molar-refractivity contribution < 1.29 is 9.59 Å². The summed E-state index contributed by atoms with van der Waals surface area (Å²) in [7, 11) is 0. The second kappa shape index (κ2) is 10.2. The first-order chi connectivity index (χ1) is 14.5. The van der Waals surface area contributed by atoms with Crippen LogP contribution >= 0.6 is 27.7 Å². The largest absolute Gasteiger partial charge is 0.326 e. The highest BCUT2D eigenvalue weighted by atomic mass is 79.9. The molecule has 3 aromatic rings. The van der Waals surface area contributed by atoms with E-state index in [-0.39, 0.29) is 17.6 Å². The van der Waals surface area contributed by atoms with Gasteiger partial charge in [-0.05, 0) is 30.3 Å². The molecule has 2 aromatic carbocycles. The van der Waals surface area contributed by atoms with Crippen LogP contribution in [0.2, 0.25) is 0 Å². The molecule has 0 saturated carbocycles. The molecule has 30 heavy (non-hydrogen) atoms. The first-order valence-corrected chi connectivity index (χ1v) is 10.8. The van der Waals surface area contributed by atoms with Crippen LogP contribution < -0.4 is 10.6 Å². The molecule has 0 aliphatic heterocycles. The van der Waals surface area contributed by atoms with Gasteiger partial charge in [0.15, 0.2) is 11.0 Å². The standard InChI is InChI=1S/C21H20BrN5O2S/c1-3-11-27-20(15-7-9-16(22)10-8-15)25-26-21(27)30-13-19(29)24-18-6-4-5-17(12-18)23-14(2)28/h3-10,12H,1,11,13H2,2H3,(H,23,28)(H,24,29). The van der Waals surface area contributed by atoms with Crippen molar-refractivity contribution in [3.8, 4) is 11.4 Å². The van der Waals surface area contributed by atoms with Crippen molar-refractivity contribution in [3.63, 3.8) is 0 Å². The number of carbonyl (C=O) groups excluding carboxylic acids is 2. The lowest BCUT2D eigenvalue weighted by molar-refractivity contribution is -0.114. The molecule has 1 aromatic heterocycles. The average molecular weight is 486 g/mol. The van der Waals surface area contributed by atoms with Gasteiger partial charge in [-0.2, -0.15) is 0 Å². The third kappa shape index (κ3) is 5.80. The minimum atomic E-state index is -0.182. The van der Waals surface area contributed by atoms with Crippen LogP contribution in [0.5, 0.6) is 0 Å². The molecule has 0 aliphatic carbocycles. The molecule has 3 rings (SSSR count). The van der Waals surface area contributed by atoms with Crippen molar-refractivity contribution in [2.75, 3.05) is 16.4 Å². The maximum Gasteiger partial charge on any atom is 0.234 e. The Morgan fingerprint density at radius 2 is 1.83 bits per heavy atom. The van der Waals surface area contributed by atoms with E-state index in [1.165, 1.54) is 18.7 Å². The third-order valence-electron chi connectivity index (χ3n) is 3.93. The van der Waals surface area contributed by atoms with E-state index in [1.54, 1.807) is 30.3 Å². The van der Waals surface area contributed by atoms with Crippen molar-refractivity contribution in [2.24, 2.45) is 0 Å². The number of hydrogen-bond donors (Lipinski definition) is 2. The highest BCUT2D eigenvalue weighted by Gasteiger charge is 2.15. The molecule has 0 bridgehead atoms. The van der Waals surface area contributed by atoms with Crippen molar-refractivity contribution in [2.45, 2.75) is 18.6 Å². The van der Waals surface area contributed by atoms with E-state index < -0.39 is 0 Å². The van der Waals surface area contributed by atoms with Crippen LogP contribution in [-0.2, 0) is 16.1 Å². The topological polar surface area (TPSA) is 88.9 Å². The smallest absolute Gasteiger partial charge is 0.234 e. The molecule has 1 heterocycles. The van der Waals surface area contributed by atoms with E-state index in [0.29, 0.717) is 28.9 Å². The van der Waals surface area contributed by atoms with E-state index in [1.807, 2.05) is 28.8 Å². The summed E-state index contributed by atoms with van der Waals surface area (Å²) in [4.78, 5) is 23.6.